The van der Waals surface area contributed by atoms with E-state index < -0.39 is 29.7 Å². The summed E-state index contributed by atoms with van der Waals surface area (Å²) >= 11 is 5.47. The molecule has 0 bridgehead atoms. The Morgan fingerprint density at radius 1 is 1.47 bits per heavy atom. The number of halogens is 4. The number of carbonyl (C=O) groups excluding carboxylic acids is 1. The molecule has 0 unspecified atom stereocenters. The molecule has 3 nitrogen and oxygen atoms in total. The number of rotatable bonds is 4. The molecule has 0 fully saturated rings. The minimum absolute atomic E-state index is 0.0188. The van der Waals surface area contributed by atoms with Crippen molar-refractivity contribution in [2.24, 2.45) is 0 Å². The Balaban J connectivity index is 3.20. The molecule has 0 heterocycles. The van der Waals surface area contributed by atoms with Crippen molar-refractivity contribution in [2.75, 3.05) is 6.61 Å². The molecule has 0 aliphatic carbocycles. The van der Waals surface area contributed by atoms with Crippen molar-refractivity contribution in [1.82, 2.24) is 0 Å². The third-order valence-electron chi connectivity index (χ3n) is 1.71. The first-order valence-corrected chi connectivity index (χ1v) is 4.94. The van der Waals surface area contributed by atoms with E-state index in [0.29, 0.717) is 0 Å². The molecule has 1 rings (SSSR count). The van der Waals surface area contributed by atoms with Crippen LogP contribution >= 0.6 is 11.6 Å². The van der Waals surface area contributed by atoms with Gasteiger partial charge in [0.05, 0.1) is 6.61 Å². The highest BCUT2D eigenvalue weighted by Crippen LogP contribution is 2.28. The summed E-state index contributed by atoms with van der Waals surface area (Å²) in [7, 11) is 0. The minimum Gasteiger partial charge on any atom is -0.462 e. The maximum atomic E-state index is 13.4. The first kappa shape index (κ1) is 13.6. The van der Waals surface area contributed by atoms with Crippen LogP contribution in [-0.4, -0.2) is 19.2 Å². The van der Waals surface area contributed by atoms with Crippen LogP contribution in [-0.2, 0) is 4.74 Å². The maximum absolute atomic E-state index is 13.4. The number of ether oxygens (including phenoxy) is 2. The second kappa shape index (κ2) is 5.77. The molecule has 0 aromatic heterocycles. The normalized spacial score (nSPS) is 10.5. The van der Waals surface area contributed by atoms with Gasteiger partial charge in [-0.05, 0) is 13.0 Å². The molecule has 94 valence electrons. The quantitative estimate of drug-likeness (QED) is 0.786. The standard InChI is InChI=1S/C10H8ClF3O3/c1-2-16-9(15)8-6(12)3-5(11)4-7(8)17-10(13)14/h3-4,10H,2H2,1H3. The molecule has 0 saturated carbocycles. The molecule has 17 heavy (non-hydrogen) atoms. The van der Waals surface area contributed by atoms with Crippen LogP contribution in [0.5, 0.6) is 5.75 Å². The minimum atomic E-state index is -3.19. The van der Waals surface area contributed by atoms with Gasteiger partial charge < -0.3 is 9.47 Å². The first-order chi connectivity index (χ1) is 7.95. The fourth-order valence-electron chi connectivity index (χ4n) is 1.14. The number of esters is 1. The lowest BCUT2D eigenvalue weighted by Crippen LogP contribution is -2.12. The Bertz CT molecular complexity index is 424. The summed E-state index contributed by atoms with van der Waals surface area (Å²) in [5.74, 6) is -2.81. The lowest BCUT2D eigenvalue weighted by Gasteiger charge is -2.11. The van der Waals surface area contributed by atoms with Gasteiger partial charge in [-0.1, -0.05) is 11.6 Å². The third-order valence-corrected chi connectivity index (χ3v) is 1.93. The lowest BCUT2D eigenvalue weighted by molar-refractivity contribution is -0.0506. The molecule has 0 aliphatic rings. The zero-order valence-electron chi connectivity index (χ0n) is 8.68. The highest BCUT2D eigenvalue weighted by Gasteiger charge is 2.22. The van der Waals surface area contributed by atoms with E-state index in [4.69, 9.17) is 11.6 Å². The summed E-state index contributed by atoms with van der Waals surface area (Å²) in [5.41, 5.74) is -0.698. The Morgan fingerprint density at radius 3 is 2.65 bits per heavy atom. The molecule has 0 N–H and O–H groups in total. The van der Waals surface area contributed by atoms with Gasteiger partial charge in [0, 0.05) is 11.1 Å². The molecule has 1 aromatic rings. The SMILES string of the molecule is CCOC(=O)c1c(F)cc(Cl)cc1OC(F)F. The van der Waals surface area contributed by atoms with Crippen LogP contribution < -0.4 is 4.74 Å². The predicted octanol–water partition coefficient (Wildman–Crippen LogP) is 3.26. The number of alkyl halides is 2. The highest BCUT2D eigenvalue weighted by atomic mass is 35.5. The molecular weight excluding hydrogens is 261 g/mol. The van der Waals surface area contributed by atoms with Gasteiger partial charge in [-0.25, -0.2) is 9.18 Å². The van der Waals surface area contributed by atoms with E-state index in [-0.39, 0.29) is 11.6 Å². The fraction of sp³-hybridized carbons (Fsp3) is 0.300. The van der Waals surface area contributed by atoms with E-state index in [0.717, 1.165) is 12.1 Å². The Kier molecular flexibility index (Phi) is 4.62. The monoisotopic (exact) mass is 268 g/mol. The molecule has 0 saturated heterocycles. The van der Waals surface area contributed by atoms with Crippen LogP contribution in [0.1, 0.15) is 17.3 Å². The van der Waals surface area contributed by atoms with E-state index in [1.807, 2.05) is 0 Å². The number of benzene rings is 1. The first-order valence-electron chi connectivity index (χ1n) is 4.56. The van der Waals surface area contributed by atoms with Gasteiger partial charge in [0.1, 0.15) is 17.1 Å². The van der Waals surface area contributed by atoms with Gasteiger partial charge in [0.2, 0.25) is 0 Å². The zero-order valence-corrected chi connectivity index (χ0v) is 9.43. The molecule has 0 amide bonds. The average molecular weight is 269 g/mol. The molecule has 7 heteroatoms. The van der Waals surface area contributed by atoms with Gasteiger partial charge in [-0.3, -0.25) is 0 Å². The van der Waals surface area contributed by atoms with Crippen LogP contribution in [0.3, 0.4) is 0 Å². The van der Waals surface area contributed by atoms with Gasteiger partial charge in [0.15, 0.2) is 0 Å². The third kappa shape index (κ3) is 3.52. The van der Waals surface area contributed by atoms with Gasteiger partial charge in [0.25, 0.3) is 0 Å². The zero-order chi connectivity index (χ0) is 13.0. The topological polar surface area (TPSA) is 35.5 Å². The summed E-state index contributed by atoms with van der Waals surface area (Å²) in [6.07, 6.45) is 0. The molecule has 0 spiro atoms. The Morgan fingerprint density at radius 2 is 2.12 bits per heavy atom. The summed E-state index contributed by atoms with van der Waals surface area (Å²) in [6.45, 7) is -1.71. The van der Waals surface area contributed by atoms with Gasteiger partial charge in [-0.2, -0.15) is 8.78 Å². The van der Waals surface area contributed by atoms with Gasteiger partial charge >= 0.3 is 12.6 Å². The van der Waals surface area contributed by atoms with Crippen molar-refractivity contribution < 1.29 is 27.4 Å². The van der Waals surface area contributed by atoms with E-state index in [1.165, 1.54) is 6.92 Å². The smallest absolute Gasteiger partial charge is 0.387 e. The predicted molar refractivity (Wildman–Crippen MR) is 54.0 cm³/mol. The van der Waals surface area contributed by atoms with Crippen LogP contribution in [0.2, 0.25) is 5.02 Å². The fourth-order valence-corrected chi connectivity index (χ4v) is 1.34. The van der Waals surface area contributed by atoms with Crippen LogP contribution in [0.25, 0.3) is 0 Å². The van der Waals surface area contributed by atoms with Crippen LogP contribution in [0.15, 0.2) is 12.1 Å². The Hall–Kier alpha value is -1.43. The van der Waals surface area contributed by atoms with Crippen molar-refractivity contribution in [3.05, 3.63) is 28.5 Å². The van der Waals surface area contributed by atoms with Crippen molar-refractivity contribution in [1.29, 1.82) is 0 Å². The number of carbonyl (C=O) groups is 1. The van der Waals surface area contributed by atoms with E-state index in [2.05, 4.69) is 9.47 Å². The van der Waals surface area contributed by atoms with Crippen LogP contribution in [0.4, 0.5) is 13.2 Å². The molecule has 1 aromatic carbocycles. The largest absolute Gasteiger partial charge is 0.462 e. The second-order valence-electron chi connectivity index (χ2n) is 2.86. The molecule has 0 radical (unpaired) electrons. The van der Waals surface area contributed by atoms with E-state index >= 15 is 0 Å². The summed E-state index contributed by atoms with van der Waals surface area (Å²) in [6, 6.07) is 1.73. The number of hydrogen-bond acceptors (Lipinski definition) is 3. The molecule has 0 aliphatic heterocycles. The highest BCUT2D eigenvalue weighted by molar-refractivity contribution is 6.30. The molecular formula is C10H8ClF3O3. The van der Waals surface area contributed by atoms with Crippen molar-refractivity contribution >= 4 is 17.6 Å². The maximum Gasteiger partial charge on any atom is 0.387 e. The summed E-state index contributed by atoms with van der Waals surface area (Å²) in [5, 5.41) is -0.161. The van der Waals surface area contributed by atoms with E-state index in [1.54, 1.807) is 0 Å². The average Bonchev–Trinajstić information content (AvgIpc) is 2.15. The summed E-state index contributed by atoms with van der Waals surface area (Å²) < 4.78 is 46.1. The van der Waals surface area contributed by atoms with Gasteiger partial charge in [-0.15, -0.1) is 0 Å². The Labute approximate surface area is 100 Å². The van der Waals surface area contributed by atoms with E-state index in [9.17, 15) is 18.0 Å². The second-order valence-corrected chi connectivity index (χ2v) is 3.30. The number of hydrogen-bond donors (Lipinski definition) is 0. The van der Waals surface area contributed by atoms with Crippen molar-refractivity contribution in [3.8, 4) is 5.75 Å². The van der Waals surface area contributed by atoms with Crippen molar-refractivity contribution in [2.45, 2.75) is 13.5 Å². The van der Waals surface area contributed by atoms with Crippen LogP contribution in [0, 0.1) is 5.82 Å². The van der Waals surface area contributed by atoms with Crippen molar-refractivity contribution in [3.63, 3.8) is 0 Å². The molecule has 0 atom stereocenters. The summed E-state index contributed by atoms with van der Waals surface area (Å²) in [4.78, 5) is 11.3. The lowest BCUT2D eigenvalue weighted by atomic mass is 10.2.